The molecule has 1 unspecified atom stereocenters. The van der Waals surface area contributed by atoms with E-state index < -0.39 is 15.7 Å². The molecule has 0 amide bonds. The van der Waals surface area contributed by atoms with Gasteiger partial charge in [-0.3, -0.25) is 4.57 Å². The van der Waals surface area contributed by atoms with Crippen molar-refractivity contribution >= 4 is 44.4 Å². The molecule has 0 bridgehead atoms. The predicted molar refractivity (Wildman–Crippen MR) is 184 cm³/mol. The van der Waals surface area contributed by atoms with Crippen LogP contribution in [-0.2, 0) is 20.4 Å². The fraction of sp³-hybridized carbons (Fsp3) is 0.774. The Morgan fingerprint density at radius 3 is 2.26 bits per heavy atom. The number of hydrogen-bond donors (Lipinski definition) is 2. The number of hydrogen-bond acceptors (Lipinski definition) is 8. The normalized spacial score (nSPS) is 14.0. The molecule has 3 N–H and O–H groups in total. The zero-order chi connectivity index (χ0) is 31.4. The van der Waals surface area contributed by atoms with E-state index in [1.165, 1.54) is 88.7 Å². The molecule has 0 aliphatic heterocycles. The molecule has 0 aliphatic rings. The maximum Gasteiger partial charge on any atom is 0.353 e. The van der Waals surface area contributed by atoms with Crippen molar-refractivity contribution < 1.29 is 18.7 Å². The van der Waals surface area contributed by atoms with E-state index in [1.54, 1.807) is 22.7 Å². The molecule has 0 aromatic carbocycles. The van der Waals surface area contributed by atoms with Crippen molar-refractivity contribution in [2.24, 2.45) is 0 Å². The summed E-state index contributed by atoms with van der Waals surface area (Å²) in [4.78, 5) is 22.5. The molecule has 2 atom stereocenters. The number of nitrogens with zero attached hydrogens (tertiary/aromatic N) is 4. The fourth-order valence-electron chi connectivity index (χ4n) is 5.06. The molecule has 2 heterocycles. The van der Waals surface area contributed by atoms with E-state index >= 15 is 0 Å². The third-order valence-corrected chi connectivity index (χ3v) is 15.0. The molecule has 0 saturated carbocycles. The van der Waals surface area contributed by atoms with Gasteiger partial charge in [-0.05, 0) is 43.7 Å². The van der Waals surface area contributed by atoms with Gasteiger partial charge in [0, 0.05) is 12.2 Å². The quantitative estimate of drug-likeness (QED) is 0.0501. The topological polar surface area (TPSA) is 125 Å². The van der Waals surface area contributed by atoms with Crippen LogP contribution < -0.4 is 5.73 Å². The van der Waals surface area contributed by atoms with Crippen LogP contribution in [0, 0.1) is 11.5 Å². The smallest absolute Gasteiger partial charge is 0.353 e. The first-order chi connectivity index (χ1) is 20.8. The SMILES string of the molecule is CC[Si](C#CCCCCCCCCCCCCSCCOP(=O)(O)CO[C@H](C)Cn1cnc2c(N)ncnc21)(CC)CC. The summed E-state index contributed by atoms with van der Waals surface area (Å²) in [6.07, 6.45) is 16.4. The number of nitrogen functional groups attached to an aromatic ring is 1. The lowest BCUT2D eigenvalue weighted by atomic mass is 10.1. The summed E-state index contributed by atoms with van der Waals surface area (Å²) in [5, 5.41) is 0. The summed E-state index contributed by atoms with van der Waals surface area (Å²) in [7, 11) is -5.06. The van der Waals surface area contributed by atoms with Crippen molar-refractivity contribution in [3.63, 3.8) is 0 Å². The predicted octanol–water partition coefficient (Wildman–Crippen LogP) is 8.05. The van der Waals surface area contributed by atoms with Gasteiger partial charge in [-0.2, -0.15) is 11.8 Å². The van der Waals surface area contributed by atoms with Crippen LogP contribution in [0.3, 0.4) is 0 Å². The number of thioether (sulfide) groups is 1. The first-order valence-electron chi connectivity index (χ1n) is 16.3. The van der Waals surface area contributed by atoms with Gasteiger partial charge in [0.25, 0.3) is 0 Å². The van der Waals surface area contributed by atoms with Gasteiger partial charge < -0.3 is 24.5 Å². The number of ether oxygens (including phenoxy) is 1. The van der Waals surface area contributed by atoms with Crippen molar-refractivity contribution in [3.8, 4) is 11.5 Å². The molecule has 12 heteroatoms. The largest absolute Gasteiger partial charge is 0.382 e. The highest BCUT2D eigenvalue weighted by atomic mass is 32.2. The van der Waals surface area contributed by atoms with Crippen LogP contribution in [0.5, 0.6) is 0 Å². The molecule has 9 nitrogen and oxygen atoms in total. The van der Waals surface area contributed by atoms with Crippen LogP contribution in [-0.4, -0.2) is 63.1 Å². The van der Waals surface area contributed by atoms with E-state index in [9.17, 15) is 9.46 Å². The van der Waals surface area contributed by atoms with Crippen LogP contribution in [0.1, 0.15) is 98.3 Å². The van der Waals surface area contributed by atoms with Gasteiger partial charge in [-0.25, -0.2) is 15.0 Å². The molecular formula is C31H56N5O4PSSi. The summed E-state index contributed by atoms with van der Waals surface area (Å²) in [5.41, 5.74) is 10.7. The van der Waals surface area contributed by atoms with E-state index in [0.29, 0.717) is 29.3 Å². The Labute approximate surface area is 265 Å². The number of anilines is 1. The maximum atomic E-state index is 12.3. The zero-order valence-corrected chi connectivity index (χ0v) is 29.8. The molecule has 2 rings (SSSR count). The molecule has 0 spiro atoms. The molecule has 0 aliphatic carbocycles. The average molecular weight is 654 g/mol. The van der Waals surface area contributed by atoms with E-state index in [1.807, 2.05) is 6.92 Å². The molecule has 244 valence electrons. The second-order valence-corrected chi connectivity index (χ2v) is 19.4. The van der Waals surface area contributed by atoms with Crippen LogP contribution in [0.2, 0.25) is 18.1 Å². The summed E-state index contributed by atoms with van der Waals surface area (Å²) in [6, 6.07) is 3.90. The van der Waals surface area contributed by atoms with Crippen molar-refractivity contribution in [2.45, 2.75) is 129 Å². The minimum absolute atomic E-state index is 0.240. The van der Waals surface area contributed by atoms with Crippen LogP contribution in [0.25, 0.3) is 11.2 Å². The summed E-state index contributed by atoms with van der Waals surface area (Å²) >= 11 is 1.77. The van der Waals surface area contributed by atoms with E-state index in [-0.39, 0.29) is 19.1 Å². The van der Waals surface area contributed by atoms with Gasteiger partial charge in [0.05, 0.1) is 25.6 Å². The molecular weight excluding hydrogens is 597 g/mol. The summed E-state index contributed by atoms with van der Waals surface area (Å²) in [5.74, 6) is 5.59. The van der Waals surface area contributed by atoms with Gasteiger partial charge in [0.1, 0.15) is 26.3 Å². The number of imidazole rings is 1. The van der Waals surface area contributed by atoms with E-state index in [2.05, 4.69) is 47.2 Å². The Morgan fingerprint density at radius 2 is 1.60 bits per heavy atom. The standard InChI is InChI=1S/C31H56N5O4PSSi/c1-5-43(6-2,7-3)23-19-17-15-13-11-9-8-10-12-14-16-18-21-42-22-20-40-41(37,38)27-39-28(4)24-36-26-35-29-30(32)33-25-34-31(29)36/h25-26,28H,5-18,20-22,24,27H2,1-4H3,(H,37,38)(H2,32,33,34)/t28-/m1/s1. The van der Waals surface area contributed by atoms with Crippen LogP contribution in [0.15, 0.2) is 12.7 Å². The summed E-state index contributed by atoms with van der Waals surface area (Å²) < 4.78 is 25.0. The second-order valence-electron chi connectivity index (χ2n) is 11.4. The minimum Gasteiger partial charge on any atom is -0.382 e. The first-order valence-corrected chi connectivity index (χ1v) is 21.9. The van der Waals surface area contributed by atoms with Gasteiger partial charge in [0.2, 0.25) is 0 Å². The van der Waals surface area contributed by atoms with E-state index in [4.69, 9.17) is 15.0 Å². The fourth-order valence-corrected chi connectivity index (χ4v) is 9.42. The van der Waals surface area contributed by atoms with E-state index in [0.717, 1.165) is 12.2 Å². The van der Waals surface area contributed by atoms with Crippen molar-refractivity contribution in [1.82, 2.24) is 19.5 Å². The molecule has 2 aromatic heterocycles. The first kappa shape index (κ1) is 37.8. The number of aromatic nitrogens is 4. The highest BCUT2D eigenvalue weighted by Crippen LogP contribution is 2.42. The molecule has 0 fully saturated rings. The monoisotopic (exact) mass is 653 g/mol. The van der Waals surface area contributed by atoms with Gasteiger partial charge in [-0.15, -0.1) is 11.5 Å². The van der Waals surface area contributed by atoms with Crippen LogP contribution >= 0.6 is 19.4 Å². The molecule has 0 saturated heterocycles. The number of unbranched alkanes of at least 4 members (excludes halogenated alkanes) is 10. The third-order valence-electron chi connectivity index (χ3n) is 8.15. The maximum absolute atomic E-state index is 12.3. The Kier molecular flexibility index (Phi) is 18.8. The average Bonchev–Trinajstić information content (AvgIpc) is 3.41. The second kappa shape index (κ2) is 21.3. The Balaban J connectivity index is 1.39. The van der Waals surface area contributed by atoms with Crippen LogP contribution in [0.4, 0.5) is 5.82 Å². The lowest BCUT2D eigenvalue weighted by molar-refractivity contribution is 0.0724. The summed E-state index contributed by atoms with van der Waals surface area (Å²) in [6.45, 7) is 9.45. The van der Waals surface area contributed by atoms with Crippen molar-refractivity contribution in [2.75, 3.05) is 30.2 Å². The number of nitrogens with two attached hydrogens (primary N) is 1. The Hall–Kier alpha value is -1.41. The Morgan fingerprint density at radius 1 is 0.977 bits per heavy atom. The zero-order valence-electron chi connectivity index (χ0n) is 27.1. The lowest BCUT2D eigenvalue weighted by Crippen LogP contribution is -2.29. The van der Waals surface area contributed by atoms with Gasteiger partial charge >= 0.3 is 7.60 Å². The lowest BCUT2D eigenvalue weighted by Gasteiger charge is -2.20. The number of rotatable bonds is 24. The third kappa shape index (κ3) is 14.9. The Bertz CT molecular complexity index is 1150. The van der Waals surface area contributed by atoms with Crippen molar-refractivity contribution in [1.29, 1.82) is 0 Å². The highest BCUT2D eigenvalue weighted by Gasteiger charge is 2.24. The minimum atomic E-state index is -3.80. The van der Waals surface area contributed by atoms with Crippen molar-refractivity contribution in [3.05, 3.63) is 12.7 Å². The highest BCUT2D eigenvalue weighted by molar-refractivity contribution is 7.99. The molecule has 2 aromatic rings. The molecule has 0 radical (unpaired) electrons. The number of fused-ring (bicyclic) bond motifs is 1. The van der Waals surface area contributed by atoms with Gasteiger partial charge in [-0.1, -0.05) is 72.1 Å². The molecule has 43 heavy (non-hydrogen) atoms. The van der Waals surface area contributed by atoms with Gasteiger partial charge in [0.15, 0.2) is 11.5 Å².